The van der Waals surface area contributed by atoms with Gasteiger partial charge in [-0.05, 0) is 38.1 Å². The van der Waals surface area contributed by atoms with E-state index in [1.165, 1.54) is 4.90 Å². The summed E-state index contributed by atoms with van der Waals surface area (Å²) >= 11 is 3.37. The maximum atomic E-state index is 12.5. The number of carbonyl (C=O) groups excluding carboxylic acids is 1. The number of hydrogen-bond acceptors (Lipinski definition) is 3. The summed E-state index contributed by atoms with van der Waals surface area (Å²) in [4.78, 5) is 24.7. The molecule has 6 heteroatoms. The zero-order valence-electron chi connectivity index (χ0n) is 11.8. The van der Waals surface area contributed by atoms with E-state index in [0.717, 1.165) is 10.0 Å². The van der Waals surface area contributed by atoms with Crippen molar-refractivity contribution in [3.05, 3.63) is 33.8 Å². The van der Waals surface area contributed by atoms with Crippen LogP contribution < -0.4 is 4.74 Å². The number of benzene rings is 1. The van der Waals surface area contributed by atoms with Crippen LogP contribution in [0, 0.1) is 0 Å². The molecule has 0 atom stereocenters. The maximum Gasteiger partial charge on any atom is 0.323 e. The molecule has 5 nitrogen and oxygen atoms in total. The van der Waals surface area contributed by atoms with E-state index in [9.17, 15) is 9.59 Å². The van der Waals surface area contributed by atoms with Crippen LogP contribution in [0.3, 0.4) is 0 Å². The first-order chi connectivity index (χ1) is 9.88. The second kappa shape index (κ2) is 6.30. The van der Waals surface area contributed by atoms with Crippen molar-refractivity contribution in [3.8, 4) is 5.75 Å². The molecule has 1 N–H and O–H groups in total. The highest BCUT2D eigenvalue weighted by Gasteiger charge is 2.25. The van der Waals surface area contributed by atoms with Gasteiger partial charge in [-0.25, -0.2) is 0 Å². The lowest BCUT2D eigenvalue weighted by atomic mass is 10.1. The Bertz CT molecular complexity index is 610. The second-order valence-corrected chi connectivity index (χ2v) is 5.98. The van der Waals surface area contributed by atoms with Crippen molar-refractivity contribution in [2.75, 3.05) is 13.2 Å². The van der Waals surface area contributed by atoms with Gasteiger partial charge in [0.15, 0.2) is 0 Å². The third kappa shape index (κ3) is 3.64. The molecule has 0 aromatic heterocycles. The van der Waals surface area contributed by atoms with Crippen LogP contribution in [0.1, 0.15) is 19.4 Å². The summed E-state index contributed by atoms with van der Waals surface area (Å²) in [5.74, 6) is -0.625. The summed E-state index contributed by atoms with van der Waals surface area (Å²) in [6, 6.07) is 5.36. The fourth-order valence-corrected chi connectivity index (χ4v) is 2.47. The normalized spacial score (nSPS) is 13.2. The number of rotatable bonds is 4. The van der Waals surface area contributed by atoms with Gasteiger partial charge in [0.2, 0.25) is 0 Å². The van der Waals surface area contributed by atoms with Gasteiger partial charge in [-0.3, -0.25) is 9.59 Å². The Balaban J connectivity index is 2.28. The van der Waals surface area contributed by atoms with E-state index in [2.05, 4.69) is 15.9 Å². The van der Waals surface area contributed by atoms with Crippen LogP contribution in [0.4, 0.5) is 0 Å². The lowest BCUT2D eigenvalue weighted by Gasteiger charge is -2.27. The molecule has 0 bridgehead atoms. The minimum atomic E-state index is -1.03. The molecule has 2 rings (SSSR count). The van der Waals surface area contributed by atoms with E-state index in [1.807, 2.05) is 18.2 Å². The van der Waals surface area contributed by atoms with Crippen molar-refractivity contribution < 1.29 is 19.4 Å². The van der Waals surface area contributed by atoms with E-state index in [1.54, 1.807) is 19.9 Å². The molecule has 1 heterocycles. The summed E-state index contributed by atoms with van der Waals surface area (Å²) in [6.07, 6.45) is 1.75. The molecule has 0 aliphatic carbocycles. The second-order valence-electron chi connectivity index (χ2n) is 5.06. The van der Waals surface area contributed by atoms with Gasteiger partial charge in [-0.1, -0.05) is 15.9 Å². The molecule has 0 spiro atoms. The Hall–Kier alpha value is -1.82. The van der Waals surface area contributed by atoms with Gasteiger partial charge in [-0.15, -0.1) is 0 Å². The van der Waals surface area contributed by atoms with Gasteiger partial charge in [0, 0.05) is 16.1 Å². The molecule has 1 aromatic rings. The third-order valence-electron chi connectivity index (χ3n) is 3.15. The molecule has 0 saturated heterocycles. The molecular weight excluding hydrogens is 338 g/mol. The highest BCUT2D eigenvalue weighted by atomic mass is 79.9. The van der Waals surface area contributed by atoms with Gasteiger partial charge in [0.1, 0.15) is 18.9 Å². The van der Waals surface area contributed by atoms with E-state index in [0.29, 0.717) is 11.3 Å². The first-order valence-electron chi connectivity index (χ1n) is 6.54. The number of fused-ring (bicyclic) bond motifs is 1. The van der Waals surface area contributed by atoms with Crippen molar-refractivity contribution in [1.82, 2.24) is 4.90 Å². The number of hydrogen-bond donors (Lipinski definition) is 1. The monoisotopic (exact) mass is 353 g/mol. The largest absolute Gasteiger partial charge is 0.488 e. The van der Waals surface area contributed by atoms with Crippen LogP contribution in [0.5, 0.6) is 5.75 Å². The van der Waals surface area contributed by atoms with E-state index >= 15 is 0 Å². The fourth-order valence-electron chi connectivity index (χ4n) is 2.09. The third-order valence-corrected chi connectivity index (χ3v) is 3.64. The molecule has 0 saturated carbocycles. The number of halogens is 1. The highest BCUT2D eigenvalue weighted by molar-refractivity contribution is 9.10. The lowest BCUT2D eigenvalue weighted by Crippen LogP contribution is -2.42. The zero-order chi connectivity index (χ0) is 15.6. The quantitative estimate of drug-likeness (QED) is 0.903. The molecule has 1 amide bonds. The van der Waals surface area contributed by atoms with Crippen LogP contribution in [0.15, 0.2) is 28.2 Å². The summed E-state index contributed by atoms with van der Waals surface area (Å²) < 4.78 is 6.45. The van der Waals surface area contributed by atoms with Crippen molar-refractivity contribution in [2.24, 2.45) is 0 Å². The number of carbonyl (C=O) groups is 2. The summed E-state index contributed by atoms with van der Waals surface area (Å²) in [5.41, 5.74) is 1.26. The van der Waals surface area contributed by atoms with Gasteiger partial charge < -0.3 is 14.7 Å². The molecule has 0 fully saturated rings. The van der Waals surface area contributed by atoms with E-state index in [-0.39, 0.29) is 25.1 Å². The number of amides is 1. The van der Waals surface area contributed by atoms with Crippen molar-refractivity contribution in [2.45, 2.75) is 19.9 Å². The highest BCUT2D eigenvalue weighted by Crippen LogP contribution is 2.29. The standard InChI is InChI=1S/C15H16BrNO4/c1-9(2)17(7-14(18)19)15(20)11-5-10-6-12(16)3-4-13(10)21-8-11/h3-6,9H,7-8H2,1-2H3,(H,18,19). The van der Waals surface area contributed by atoms with Gasteiger partial charge in [0.05, 0.1) is 5.57 Å². The Morgan fingerprint density at radius 1 is 1.43 bits per heavy atom. The maximum absolute atomic E-state index is 12.5. The average Bonchev–Trinajstić information content (AvgIpc) is 2.42. The molecule has 0 radical (unpaired) electrons. The van der Waals surface area contributed by atoms with Gasteiger partial charge in [-0.2, -0.15) is 0 Å². The number of carboxylic acid groups (broad SMARTS) is 1. The van der Waals surface area contributed by atoms with Crippen molar-refractivity contribution in [1.29, 1.82) is 0 Å². The van der Waals surface area contributed by atoms with Crippen LogP contribution in [-0.2, 0) is 9.59 Å². The Morgan fingerprint density at radius 3 is 2.76 bits per heavy atom. The molecule has 0 unspecified atom stereocenters. The molecular formula is C15H16BrNO4. The molecule has 112 valence electrons. The summed E-state index contributed by atoms with van der Waals surface area (Å²) in [5, 5.41) is 8.92. The fraction of sp³-hybridized carbons (Fsp3) is 0.333. The number of nitrogens with zero attached hydrogens (tertiary/aromatic N) is 1. The molecule has 1 aliphatic heterocycles. The van der Waals surface area contributed by atoms with Crippen LogP contribution in [-0.4, -0.2) is 41.1 Å². The SMILES string of the molecule is CC(C)N(CC(=O)O)C(=O)C1=Cc2cc(Br)ccc2OC1. The van der Waals surface area contributed by atoms with Crippen LogP contribution >= 0.6 is 15.9 Å². The minimum Gasteiger partial charge on any atom is -0.488 e. The van der Waals surface area contributed by atoms with E-state index in [4.69, 9.17) is 9.84 Å². The average molecular weight is 354 g/mol. The number of ether oxygens (including phenoxy) is 1. The Kier molecular flexibility index (Phi) is 4.67. The molecule has 1 aliphatic rings. The van der Waals surface area contributed by atoms with Crippen molar-refractivity contribution in [3.63, 3.8) is 0 Å². The molecule has 21 heavy (non-hydrogen) atoms. The number of aliphatic carboxylic acids is 1. The topological polar surface area (TPSA) is 66.8 Å². The molecule has 1 aromatic carbocycles. The zero-order valence-corrected chi connectivity index (χ0v) is 13.4. The predicted octanol–water partition coefficient (Wildman–Crippen LogP) is 2.55. The van der Waals surface area contributed by atoms with E-state index < -0.39 is 5.97 Å². The first kappa shape index (κ1) is 15.6. The lowest BCUT2D eigenvalue weighted by molar-refractivity contribution is -0.144. The van der Waals surface area contributed by atoms with Crippen LogP contribution in [0.2, 0.25) is 0 Å². The van der Waals surface area contributed by atoms with Gasteiger partial charge >= 0.3 is 5.97 Å². The first-order valence-corrected chi connectivity index (χ1v) is 7.33. The van der Waals surface area contributed by atoms with Crippen LogP contribution in [0.25, 0.3) is 6.08 Å². The Morgan fingerprint density at radius 2 is 2.14 bits per heavy atom. The number of carboxylic acids is 1. The minimum absolute atomic E-state index is 0.149. The summed E-state index contributed by atoms with van der Waals surface area (Å²) in [7, 11) is 0. The smallest absolute Gasteiger partial charge is 0.323 e. The predicted molar refractivity (Wildman–Crippen MR) is 82.1 cm³/mol. The van der Waals surface area contributed by atoms with Crippen molar-refractivity contribution >= 4 is 33.9 Å². The van der Waals surface area contributed by atoms with Gasteiger partial charge in [0.25, 0.3) is 5.91 Å². The summed E-state index contributed by atoms with van der Waals surface area (Å²) in [6.45, 7) is 3.40. The Labute approximate surface area is 131 Å².